The van der Waals surface area contributed by atoms with Gasteiger partial charge in [0, 0.05) is 19.0 Å². The van der Waals surface area contributed by atoms with Crippen molar-refractivity contribution in [3.05, 3.63) is 35.5 Å². The van der Waals surface area contributed by atoms with Crippen molar-refractivity contribution in [3.8, 4) is 0 Å². The molecular formula is C20H25N3O4. The van der Waals surface area contributed by atoms with Crippen molar-refractivity contribution < 1.29 is 19.1 Å². The molecule has 2 heterocycles. The summed E-state index contributed by atoms with van der Waals surface area (Å²) in [6.07, 6.45) is 2.53. The fourth-order valence-electron chi connectivity index (χ4n) is 3.14. The van der Waals surface area contributed by atoms with Crippen LogP contribution in [0.5, 0.6) is 0 Å². The molecule has 1 aliphatic heterocycles. The number of aryl methyl sites for hydroxylation is 1. The third kappa shape index (κ3) is 3.97. The molecule has 0 spiro atoms. The van der Waals surface area contributed by atoms with Crippen LogP contribution in [0.1, 0.15) is 43.2 Å². The third-order valence-corrected chi connectivity index (χ3v) is 4.38. The highest BCUT2D eigenvalue weighted by Gasteiger charge is 2.26. The van der Waals surface area contributed by atoms with Gasteiger partial charge in [0.1, 0.15) is 5.60 Å². The minimum absolute atomic E-state index is 0.318. The van der Waals surface area contributed by atoms with Crippen molar-refractivity contribution in [2.75, 3.05) is 20.2 Å². The van der Waals surface area contributed by atoms with Gasteiger partial charge in [-0.3, -0.25) is 4.68 Å². The van der Waals surface area contributed by atoms with E-state index in [-0.39, 0.29) is 12.1 Å². The van der Waals surface area contributed by atoms with Gasteiger partial charge in [-0.05, 0) is 51.0 Å². The Hall–Kier alpha value is -2.83. The van der Waals surface area contributed by atoms with Gasteiger partial charge in [-0.15, -0.1) is 0 Å². The fourth-order valence-corrected chi connectivity index (χ4v) is 3.14. The normalized spacial score (nSPS) is 14.9. The Morgan fingerprint density at radius 2 is 1.96 bits per heavy atom. The lowest BCUT2D eigenvalue weighted by molar-refractivity contribution is 0.0272. The van der Waals surface area contributed by atoms with Crippen molar-refractivity contribution in [3.63, 3.8) is 0 Å². The molecule has 0 N–H and O–H groups in total. The Morgan fingerprint density at radius 1 is 1.22 bits per heavy atom. The summed E-state index contributed by atoms with van der Waals surface area (Å²) < 4.78 is 12.0. The number of methoxy groups -OCH3 is 1. The molecule has 144 valence electrons. The molecule has 1 amide bonds. The number of esters is 1. The van der Waals surface area contributed by atoms with Crippen molar-refractivity contribution >= 4 is 28.5 Å². The monoisotopic (exact) mass is 371 g/mol. The number of rotatable bonds is 2. The summed E-state index contributed by atoms with van der Waals surface area (Å²) in [5, 5.41) is 5.56. The van der Waals surface area contributed by atoms with Crippen LogP contribution in [0.4, 0.5) is 4.79 Å². The molecule has 0 saturated carbocycles. The summed E-state index contributed by atoms with van der Waals surface area (Å²) in [7, 11) is 3.20. The first-order chi connectivity index (χ1) is 12.7. The van der Waals surface area contributed by atoms with Crippen LogP contribution in [0.15, 0.2) is 24.3 Å². The predicted molar refractivity (Wildman–Crippen MR) is 102 cm³/mol. The smallest absolute Gasteiger partial charge is 0.410 e. The van der Waals surface area contributed by atoms with E-state index in [0.717, 1.165) is 28.6 Å². The average molecular weight is 371 g/mol. The number of hydrogen-bond acceptors (Lipinski definition) is 5. The maximum Gasteiger partial charge on any atom is 0.410 e. The van der Waals surface area contributed by atoms with E-state index in [1.807, 2.05) is 33.9 Å². The molecule has 0 atom stereocenters. The zero-order chi connectivity index (χ0) is 19.8. The first-order valence-corrected chi connectivity index (χ1v) is 8.92. The van der Waals surface area contributed by atoms with E-state index >= 15 is 0 Å². The van der Waals surface area contributed by atoms with E-state index in [4.69, 9.17) is 9.47 Å². The molecule has 0 saturated heterocycles. The molecule has 0 radical (unpaired) electrons. The molecule has 0 unspecified atom stereocenters. The van der Waals surface area contributed by atoms with Gasteiger partial charge in [0.15, 0.2) is 0 Å². The SMILES string of the molecule is COC(=O)c1ccc2c(C3=CCCN(C(=O)OC(C)(C)C)C3)nn(C)c2c1. The molecule has 7 heteroatoms. The van der Waals surface area contributed by atoms with Crippen molar-refractivity contribution in [1.82, 2.24) is 14.7 Å². The lowest BCUT2D eigenvalue weighted by Gasteiger charge is -2.30. The molecule has 1 aliphatic rings. The molecule has 3 rings (SSSR count). The Kier molecular flexibility index (Phi) is 4.95. The molecular weight excluding hydrogens is 346 g/mol. The Labute approximate surface area is 158 Å². The van der Waals surface area contributed by atoms with Gasteiger partial charge in [0.25, 0.3) is 0 Å². The first-order valence-electron chi connectivity index (χ1n) is 8.92. The highest BCUT2D eigenvalue weighted by atomic mass is 16.6. The van der Waals surface area contributed by atoms with Crippen LogP contribution in [0.3, 0.4) is 0 Å². The van der Waals surface area contributed by atoms with Crippen molar-refractivity contribution in [2.24, 2.45) is 7.05 Å². The first kappa shape index (κ1) is 18.9. The molecule has 1 aromatic carbocycles. The maximum atomic E-state index is 12.4. The fraction of sp³-hybridized carbons (Fsp3) is 0.450. The third-order valence-electron chi connectivity index (χ3n) is 4.38. The number of carbonyl (C=O) groups excluding carboxylic acids is 2. The van der Waals surface area contributed by atoms with E-state index in [9.17, 15) is 9.59 Å². The molecule has 0 aliphatic carbocycles. The van der Waals surface area contributed by atoms with Crippen LogP contribution < -0.4 is 0 Å². The van der Waals surface area contributed by atoms with Crippen LogP contribution in [-0.4, -0.2) is 52.5 Å². The molecule has 2 aromatic rings. The molecule has 27 heavy (non-hydrogen) atoms. The van der Waals surface area contributed by atoms with Gasteiger partial charge in [-0.1, -0.05) is 6.08 Å². The predicted octanol–water partition coefficient (Wildman–Crippen LogP) is 3.38. The molecule has 0 bridgehead atoms. The number of benzene rings is 1. The summed E-state index contributed by atoms with van der Waals surface area (Å²) in [5.41, 5.74) is 2.58. The Bertz CT molecular complexity index is 921. The summed E-state index contributed by atoms with van der Waals surface area (Å²) in [6, 6.07) is 5.37. The van der Waals surface area contributed by atoms with Gasteiger partial charge in [0.2, 0.25) is 0 Å². The van der Waals surface area contributed by atoms with Crippen LogP contribution >= 0.6 is 0 Å². The van der Waals surface area contributed by atoms with Crippen LogP contribution in [0.25, 0.3) is 16.5 Å². The lowest BCUT2D eigenvalue weighted by atomic mass is 10.0. The summed E-state index contributed by atoms with van der Waals surface area (Å²) >= 11 is 0. The highest BCUT2D eigenvalue weighted by molar-refractivity contribution is 5.98. The van der Waals surface area contributed by atoms with E-state index in [1.54, 1.807) is 21.7 Å². The second-order valence-electron chi connectivity index (χ2n) is 7.62. The number of aromatic nitrogens is 2. The largest absolute Gasteiger partial charge is 0.465 e. The van der Waals surface area contributed by atoms with Crippen LogP contribution in [0.2, 0.25) is 0 Å². The van der Waals surface area contributed by atoms with Gasteiger partial charge in [0.05, 0.1) is 30.4 Å². The topological polar surface area (TPSA) is 73.7 Å². The minimum Gasteiger partial charge on any atom is -0.465 e. The zero-order valence-corrected chi connectivity index (χ0v) is 16.4. The number of nitrogens with zero attached hydrogens (tertiary/aromatic N) is 3. The number of carbonyl (C=O) groups is 2. The molecule has 7 nitrogen and oxygen atoms in total. The van der Waals surface area contributed by atoms with E-state index < -0.39 is 5.60 Å². The Balaban J connectivity index is 1.90. The van der Waals surface area contributed by atoms with Gasteiger partial charge in [-0.25, -0.2) is 9.59 Å². The molecule has 0 fully saturated rings. The van der Waals surface area contributed by atoms with Crippen LogP contribution in [0, 0.1) is 0 Å². The van der Waals surface area contributed by atoms with Gasteiger partial charge < -0.3 is 14.4 Å². The van der Waals surface area contributed by atoms with E-state index in [2.05, 4.69) is 11.2 Å². The zero-order valence-electron chi connectivity index (χ0n) is 16.4. The van der Waals surface area contributed by atoms with Crippen molar-refractivity contribution in [1.29, 1.82) is 0 Å². The number of ether oxygens (including phenoxy) is 2. The Morgan fingerprint density at radius 3 is 2.63 bits per heavy atom. The van der Waals surface area contributed by atoms with Crippen molar-refractivity contribution in [2.45, 2.75) is 32.8 Å². The maximum absolute atomic E-state index is 12.4. The van der Waals surface area contributed by atoms with Crippen LogP contribution in [-0.2, 0) is 16.5 Å². The second-order valence-corrected chi connectivity index (χ2v) is 7.62. The standard InChI is InChI=1S/C20H25N3O4/c1-20(2,3)27-19(25)23-10-6-7-14(12-23)17-15-9-8-13(18(24)26-5)11-16(15)22(4)21-17/h7-9,11H,6,10,12H2,1-5H3. The number of fused-ring (bicyclic) bond motifs is 1. The summed E-state index contributed by atoms with van der Waals surface area (Å²) in [4.78, 5) is 25.9. The quantitative estimate of drug-likeness (QED) is 0.757. The second kappa shape index (κ2) is 7.06. The van der Waals surface area contributed by atoms with E-state index in [0.29, 0.717) is 18.7 Å². The van der Waals surface area contributed by atoms with Gasteiger partial charge >= 0.3 is 12.1 Å². The van der Waals surface area contributed by atoms with Gasteiger partial charge in [-0.2, -0.15) is 5.10 Å². The minimum atomic E-state index is -0.527. The molecule has 1 aromatic heterocycles. The van der Waals surface area contributed by atoms with E-state index in [1.165, 1.54) is 7.11 Å². The highest BCUT2D eigenvalue weighted by Crippen LogP contribution is 2.28. The lowest BCUT2D eigenvalue weighted by Crippen LogP contribution is -2.39. The average Bonchev–Trinajstić information content (AvgIpc) is 2.96. The number of amides is 1. The summed E-state index contributed by atoms with van der Waals surface area (Å²) in [5.74, 6) is -0.382. The summed E-state index contributed by atoms with van der Waals surface area (Å²) in [6.45, 7) is 6.64. The number of hydrogen-bond donors (Lipinski definition) is 0.